The molecule has 0 aliphatic rings. The molecule has 0 fully saturated rings. The van der Waals surface area contributed by atoms with Gasteiger partial charge in [-0.05, 0) is 74.5 Å². The van der Waals surface area contributed by atoms with Gasteiger partial charge in [-0.2, -0.15) is 0 Å². The van der Waals surface area contributed by atoms with Crippen LogP contribution in [0.2, 0.25) is 0 Å². The molecule has 0 saturated carbocycles. The largest absolute Gasteiger partial charge is 0.494 e. The summed E-state index contributed by atoms with van der Waals surface area (Å²) in [6, 6.07) is 20.3. The summed E-state index contributed by atoms with van der Waals surface area (Å²) >= 11 is 1.14. The number of nitrogens with one attached hydrogen (secondary N) is 1. The number of ether oxygens (including phenoxy) is 1. The second kappa shape index (κ2) is 11.0. The molecule has 1 N–H and O–H groups in total. The highest BCUT2D eigenvalue weighted by Gasteiger charge is 2.19. The Balaban J connectivity index is 1.57. The summed E-state index contributed by atoms with van der Waals surface area (Å²) in [5, 5.41) is 11.7. The first-order valence-electron chi connectivity index (χ1n) is 10.9. The fourth-order valence-corrected chi connectivity index (χ4v) is 4.13. The topological polar surface area (TPSA) is 86.1 Å². The lowest BCUT2D eigenvalue weighted by Crippen LogP contribution is -2.14. The van der Waals surface area contributed by atoms with E-state index in [9.17, 15) is 14.0 Å². The van der Waals surface area contributed by atoms with Crippen molar-refractivity contribution in [3.8, 4) is 22.8 Å². The molecular formula is C26H23FN4O3S. The summed E-state index contributed by atoms with van der Waals surface area (Å²) in [6.07, 6.45) is 0. The highest BCUT2D eigenvalue weighted by atomic mass is 32.2. The Morgan fingerprint density at radius 3 is 2.37 bits per heavy atom. The standard InChI is InChI=1S/C26H23FN4O3S/c1-3-34-21-14-10-19(11-15-21)25-29-30-26(31(25)23-7-5-4-6-22(23)27)35-16-24(33)28-20-12-8-18(9-13-20)17(2)32/h4-15H,3,16H2,1-2H3,(H,28,33). The number of para-hydroxylation sites is 1. The van der Waals surface area contributed by atoms with Crippen LogP contribution in [0.4, 0.5) is 10.1 Å². The molecule has 1 aromatic heterocycles. The van der Waals surface area contributed by atoms with E-state index in [-0.39, 0.29) is 23.1 Å². The molecular weight excluding hydrogens is 467 g/mol. The first kappa shape index (κ1) is 24.2. The lowest BCUT2D eigenvalue weighted by molar-refractivity contribution is -0.113. The molecule has 9 heteroatoms. The lowest BCUT2D eigenvalue weighted by atomic mass is 10.1. The Hall–Kier alpha value is -3.98. The summed E-state index contributed by atoms with van der Waals surface area (Å²) < 4.78 is 21.9. The van der Waals surface area contributed by atoms with Gasteiger partial charge in [0.15, 0.2) is 16.8 Å². The molecule has 0 radical (unpaired) electrons. The number of aromatic nitrogens is 3. The van der Waals surface area contributed by atoms with Crippen LogP contribution in [0, 0.1) is 5.82 Å². The third-order valence-electron chi connectivity index (χ3n) is 5.06. The minimum absolute atomic E-state index is 0.0321. The monoisotopic (exact) mass is 490 g/mol. The highest BCUT2D eigenvalue weighted by Crippen LogP contribution is 2.30. The fraction of sp³-hybridized carbons (Fsp3) is 0.154. The van der Waals surface area contributed by atoms with Crippen LogP contribution in [-0.2, 0) is 4.79 Å². The van der Waals surface area contributed by atoms with E-state index in [0.717, 1.165) is 23.1 Å². The number of Topliss-reactive ketones (excluding diaryl/α,β-unsaturated/α-hetero) is 1. The van der Waals surface area contributed by atoms with Gasteiger partial charge in [0.05, 0.1) is 18.0 Å². The number of rotatable bonds is 9. The number of nitrogens with zero attached hydrogens (tertiary/aromatic N) is 3. The molecule has 4 aromatic rings. The van der Waals surface area contributed by atoms with E-state index in [1.807, 2.05) is 31.2 Å². The normalized spacial score (nSPS) is 10.7. The van der Waals surface area contributed by atoms with Crippen molar-refractivity contribution in [1.29, 1.82) is 0 Å². The lowest BCUT2D eigenvalue weighted by Gasteiger charge is -2.12. The first-order chi connectivity index (χ1) is 17.0. The van der Waals surface area contributed by atoms with E-state index < -0.39 is 5.82 Å². The van der Waals surface area contributed by atoms with Crippen LogP contribution in [0.5, 0.6) is 5.75 Å². The van der Waals surface area contributed by atoms with Crippen molar-refractivity contribution in [3.63, 3.8) is 0 Å². The summed E-state index contributed by atoms with van der Waals surface area (Å²) in [5.74, 6) is 0.447. The summed E-state index contributed by atoms with van der Waals surface area (Å²) in [5.41, 5.74) is 2.15. The molecule has 178 valence electrons. The van der Waals surface area contributed by atoms with Crippen molar-refractivity contribution in [2.45, 2.75) is 19.0 Å². The SMILES string of the molecule is CCOc1ccc(-c2nnc(SCC(=O)Nc3ccc(C(C)=O)cc3)n2-c2ccccc2F)cc1. The second-order valence-corrected chi connectivity index (χ2v) is 8.46. The summed E-state index contributed by atoms with van der Waals surface area (Å²) in [7, 11) is 0. The van der Waals surface area contributed by atoms with E-state index in [1.54, 1.807) is 47.0 Å². The molecule has 0 saturated heterocycles. The zero-order valence-corrected chi connectivity index (χ0v) is 20.0. The molecule has 4 rings (SSSR count). The van der Waals surface area contributed by atoms with Crippen LogP contribution >= 0.6 is 11.8 Å². The molecule has 0 atom stereocenters. The van der Waals surface area contributed by atoms with Crippen molar-refractivity contribution in [2.75, 3.05) is 17.7 Å². The minimum atomic E-state index is -0.434. The van der Waals surface area contributed by atoms with E-state index in [0.29, 0.717) is 28.8 Å². The van der Waals surface area contributed by atoms with Gasteiger partial charge >= 0.3 is 0 Å². The number of hydrogen-bond acceptors (Lipinski definition) is 6. The Morgan fingerprint density at radius 2 is 1.71 bits per heavy atom. The predicted molar refractivity (Wildman–Crippen MR) is 134 cm³/mol. The average Bonchev–Trinajstić information content (AvgIpc) is 3.28. The van der Waals surface area contributed by atoms with Crippen LogP contribution in [-0.4, -0.2) is 38.8 Å². The van der Waals surface area contributed by atoms with Gasteiger partial charge in [0.25, 0.3) is 0 Å². The molecule has 1 heterocycles. The number of carbonyl (C=O) groups is 2. The quantitative estimate of drug-likeness (QED) is 0.250. The van der Waals surface area contributed by atoms with Crippen molar-refractivity contribution in [1.82, 2.24) is 14.8 Å². The van der Waals surface area contributed by atoms with Gasteiger partial charge in [0, 0.05) is 16.8 Å². The number of hydrogen-bond donors (Lipinski definition) is 1. The Bertz CT molecular complexity index is 1340. The van der Waals surface area contributed by atoms with E-state index in [4.69, 9.17) is 4.74 Å². The van der Waals surface area contributed by atoms with Crippen molar-refractivity contribution >= 4 is 29.1 Å². The summed E-state index contributed by atoms with van der Waals surface area (Å²) in [6.45, 7) is 3.94. The van der Waals surface area contributed by atoms with Crippen LogP contribution in [0.15, 0.2) is 78.0 Å². The molecule has 0 spiro atoms. The molecule has 3 aromatic carbocycles. The molecule has 1 amide bonds. The van der Waals surface area contributed by atoms with Gasteiger partial charge in [-0.25, -0.2) is 4.39 Å². The molecule has 35 heavy (non-hydrogen) atoms. The smallest absolute Gasteiger partial charge is 0.234 e. The molecule has 0 aliphatic heterocycles. The molecule has 0 unspecified atom stereocenters. The van der Waals surface area contributed by atoms with Gasteiger partial charge < -0.3 is 10.1 Å². The summed E-state index contributed by atoms with van der Waals surface area (Å²) in [4.78, 5) is 24.0. The molecule has 7 nitrogen and oxygen atoms in total. The molecule has 0 bridgehead atoms. The Kier molecular flexibility index (Phi) is 7.57. The number of anilines is 1. The number of ketones is 1. The van der Waals surface area contributed by atoms with Crippen molar-refractivity contribution in [3.05, 3.63) is 84.2 Å². The third kappa shape index (κ3) is 5.75. The third-order valence-corrected chi connectivity index (χ3v) is 5.99. The van der Waals surface area contributed by atoms with Gasteiger partial charge in [-0.3, -0.25) is 14.2 Å². The second-order valence-electron chi connectivity index (χ2n) is 7.52. The van der Waals surface area contributed by atoms with Crippen LogP contribution in [0.1, 0.15) is 24.2 Å². The van der Waals surface area contributed by atoms with Crippen molar-refractivity contribution in [2.24, 2.45) is 0 Å². The fourth-order valence-electron chi connectivity index (χ4n) is 3.38. The number of thioether (sulfide) groups is 1. The number of amides is 1. The minimum Gasteiger partial charge on any atom is -0.494 e. The Labute approximate surface area is 206 Å². The maximum Gasteiger partial charge on any atom is 0.234 e. The highest BCUT2D eigenvalue weighted by molar-refractivity contribution is 7.99. The number of benzene rings is 3. The zero-order chi connectivity index (χ0) is 24.8. The number of carbonyl (C=O) groups excluding carboxylic acids is 2. The predicted octanol–water partition coefficient (Wildman–Crippen LogP) is 5.41. The maximum absolute atomic E-state index is 14.8. The van der Waals surface area contributed by atoms with Crippen LogP contribution < -0.4 is 10.1 Å². The average molecular weight is 491 g/mol. The maximum atomic E-state index is 14.8. The van der Waals surface area contributed by atoms with Gasteiger partial charge in [0.1, 0.15) is 11.6 Å². The number of halogens is 1. The van der Waals surface area contributed by atoms with E-state index >= 15 is 0 Å². The van der Waals surface area contributed by atoms with Crippen molar-refractivity contribution < 1.29 is 18.7 Å². The van der Waals surface area contributed by atoms with E-state index in [2.05, 4.69) is 15.5 Å². The first-order valence-corrected chi connectivity index (χ1v) is 11.9. The van der Waals surface area contributed by atoms with Crippen LogP contribution in [0.25, 0.3) is 17.1 Å². The zero-order valence-electron chi connectivity index (χ0n) is 19.2. The Morgan fingerprint density at radius 1 is 1.00 bits per heavy atom. The van der Waals surface area contributed by atoms with Gasteiger partial charge in [-0.15, -0.1) is 10.2 Å². The van der Waals surface area contributed by atoms with Crippen LogP contribution in [0.3, 0.4) is 0 Å². The molecule has 0 aliphatic carbocycles. The van der Waals surface area contributed by atoms with E-state index in [1.165, 1.54) is 13.0 Å². The van der Waals surface area contributed by atoms with Gasteiger partial charge in [-0.1, -0.05) is 23.9 Å². The van der Waals surface area contributed by atoms with Gasteiger partial charge in [0.2, 0.25) is 5.91 Å².